The van der Waals surface area contributed by atoms with Crippen LogP contribution in [0.3, 0.4) is 0 Å². The third kappa shape index (κ3) is 31.3. The fraction of sp³-hybridized carbons (Fsp3) is 0.933. The molecule has 0 aliphatic heterocycles. The molecular formula is C30H61N3. The van der Waals surface area contributed by atoms with Crippen molar-refractivity contribution in [2.45, 2.75) is 144 Å². The van der Waals surface area contributed by atoms with E-state index in [-0.39, 0.29) is 0 Å². The first-order valence-electron chi connectivity index (χ1n) is 14.4. The Kier molecular flexibility index (Phi) is 21.3. The zero-order valence-electron chi connectivity index (χ0n) is 23.7. The van der Waals surface area contributed by atoms with Crippen molar-refractivity contribution in [1.82, 2.24) is 5.32 Å². The summed E-state index contributed by atoms with van der Waals surface area (Å²) in [6.07, 6.45) is 25.5. The Morgan fingerprint density at radius 1 is 0.455 bits per heavy atom. The fourth-order valence-corrected chi connectivity index (χ4v) is 3.66. The molecule has 0 saturated carbocycles. The maximum absolute atomic E-state index is 4.54. The SMILES string of the molecule is CC(C)(C)CC=NCCCCCCCCCNCCCCCCCCCN=CCC(C)(C)C. The Balaban J connectivity index is 3.15. The average molecular weight is 464 g/mol. The molecule has 0 aliphatic carbocycles. The van der Waals surface area contributed by atoms with Crippen LogP contribution in [-0.4, -0.2) is 38.6 Å². The third-order valence-electron chi connectivity index (χ3n) is 5.95. The molecule has 0 fully saturated rings. The van der Waals surface area contributed by atoms with Crippen molar-refractivity contribution >= 4 is 12.4 Å². The predicted octanol–water partition coefficient (Wildman–Crippen LogP) is 9.05. The van der Waals surface area contributed by atoms with Crippen LogP contribution in [-0.2, 0) is 0 Å². The summed E-state index contributed by atoms with van der Waals surface area (Å²) in [5.74, 6) is 0. The molecule has 0 spiro atoms. The predicted molar refractivity (Wildman–Crippen MR) is 152 cm³/mol. The normalized spacial score (nSPS) is 13.0. The van der Waals surface area contributed by atoms with E-state index in [9.17, 15) is 0 Å². The molecule has 0 aromatic carbocycles. The van der Waals surface area contributed by atoms with Crippen LogP contribution in [0.15, 0.2) is 9.98 Å². The van der Waals surface area contributed by atoms with Gasteiger partial charge < -0.3 is 5.32 Å². The second-order valence-corrected chi connectivity index (χ2v) is 12.4. The number of aliphatic imine (C=N–C) groups is 2. The van der Waals surface area contributed by atoms with E-state index in [1.807, 2.05) is 0 Å². The number of hydrogen-bond donors (Lipinski definition) is 1. The molecule has 0 atom stereocenters. The molecule has 0 amide bonds. The number of rotatable bonds is 22. The summed E-state index contributed by atoms with van der Waals surface area (Å²) in [4.78, 5) is 9.09. The van der Waals surface area contributed by atoms with Gasteiger partial charge in [0.15, 0.2) is 0 Å². The van der Waals surface area contributed by atoms with Gasteiger partial charge in [-0.05, 0) is 74.9 Å². The quantitative estimate of drug-likeness (QED) is 0.126. The molecule has 1 N–H and O–H groups in total. The van der Waals surface area contributed by atoms with Crippen molar-refractivity contribution in [3.05, 3.63) is 0 Å². The van der Waals surface area contributed by atoms with Crippen LogP contribution in [0.4, 0.5) is 0 Å². The smallest absolute Gasteiger partial charge is 0.0385 e. The van der Waals surface area contributed by atoms with Crippen molar-refractivity contribution in [2.24, 2.45) is 20.8 Å². The second-order valence-electron chi connectivity index (χ2n) is 12.4. The summed E-state index contributed by atoms with van der Waals surface area (Å²) < 4.78 is 0. The highest BCUT2D eigenvalue weighted by Crippen LogP contribution is 2.17. The first-order valence-corrected chi connectivity index (χ1v) is 14.4. The van der Waals surface area contributed by atoms with Crippen LogP contribution in [0.1, 0.15) is 144 Å². The molecule has 3 heteroatoms. The van der Waals surface area contributed by atoms with Crippen LogP contribution in [0.2, 0.25) is 0 Å². The highest BCUT2D eigenvalue weighted by atomic mass is 14.8. The topological polar surface area (TPSA) is 36.8 Å². The largest absolute Gasteiger partial charge is 0.317 e. The lowest BCUT2D eigenvalue weighted by Gasteiger charge is -2.13. The van der Waals surface area contributed by atoms with Gasteiger partial charge in [-0.15, -0.1) is 0 Å². The van der Waals surface area contributed by atoms with Gasteiger partial charge >= 0.3 is 0 Å². The Morgan fingerprint density at radius 3 is 1.09 bits per heavy atom. The van der Waals surface area contributed by atoms with Gasteiger partial charge in [0.05, 0.1) is 0 Å². The van der Waals surface area contributed by atoms with Gasteiger partial charge in [-0.25, -0.2) is 0 Å². The molecule has 0 aromatic heterocycles. The van der Waals surface area contributed by atoms with Crippen LogP contribution in [0.5, 0.6) is 0 Å². The molecule has 0 saturated heterocycles. The zero-order chi connectivity index (χ0) is 24.7. The Labute approximate surface area is 209 Å². The van der Waals surface area contributed by atoms with Crippen molar-refractivity contribution in [2.75, 3.05) is 26.2 Å². The minimum absolute atomic E-state index is 0.375. The highest BCUT2D eigenvalue weighted by molar-refractivity contribution is 5.58. The van der Waals surface area contributed by atoms with E-state index < -0.39 is 0 Å². The van der Waals surface area contributed by atoms with Gasteiger partial charge in [0, 0.05) is 13.1 Å². The minimum Gasteiger partial charge on any atom is -0.317 e. The van der Waals surface area contributed by atoms with Gasteiger partial charge in [0.1, 0.15) is 0 Å². The van der Waals surface area contributed by atoms with Crippen molar-refractivity contribution in [3.8, 4) is 0 Å². The summed E-state index contributed by atoms with van der Waals surface area (Å²) >= 11 is 0. The first kappa shape index (κ1) is 32.3. The molecule has 33 heavy (non-hydrogen) atoms. The van der Waals surface area contributed by atoms with Crippen molar-refractivity contribution in [3.63, 3.8) is 0 Å². The van der Waals surface area contributed by atoms with Crippen molar-refractivity contribution < 1.29 is 0 Å². The van der Waals surface area contributed by atoms with Gasteiger partial charge in [0.25, 0.3) is 0 Å². The van der Waals surface area contributed by atoms with E-state index in [1.165, 1.54) is 103 Å². The molecule has 0 rings (SSSR count). The minimum atomic E-state index is 0.375. The summed E-state index contributed by atoms with van der Waals surface area (Å²) in [6, 6.07) is 0. The molecule has 0 aromatic rings. The summed E-state index contributed by atoms with van der Waals surface area (Å²) in [5, 5.41) is 3.64. The average Bonchev–Trinajstić information content (AvgIpc) is 2.72. The zero-order valence-corrected chi connectivity index (χ0v) is 23.7. The summed E-state index contributed by atoms with van der Waals surface area (Å²) in [6.45, 7) is 18.1. The molecule has 0 heterocycles. The Bertz CT molecular complexity index is 412. The van der Waals surface area contributed by atoms with Gasteiger partial charge in [-0.3, -0.25) is 9.98 Å². The standard InChI is InChI=1S/C30H61N3/c1-29(2,3)21-27-32-25-19-15-11-7-9-13-17-23-31-24-18-14-10-8-12-16-20-26-33-28-22-30(4,5)6/h27-28,31H,7-26H2,1-6H3. The molecule has 0 bridgehead atoms. The van der Waals surface area contributed by atoms with E-state index in [0.29, 0.717) is 10.8 Å². The van der Waals surface area contributed by atoms with Crippen molar-refractivity contribution in [1.29, 1.82) is 0 Å². The van der Waals surface area contributed by atoms with Gasteiger partial charge in [-0.1, -0.05) is 106 Å². The molecule has 0 radical (unpaired) electrons. The molecular weight excluding hydrogens is 402 g/mol. The van der Waals surface area contributed by atoms with Gasteiger partial charge in [0.2, 0.25) is 0 Å². The van der Waals surface area contributed by atoms with Crippen LogP contribution >= 0.6 is 0 Å². The third-order valence-corrected chi connectivity index (χ3v) is 5.95. The monoisotopic (exact) mass is 463 g/mol. The molecule has 3 nitrogen and oxygen atoms in total. The lowest BCUT2D eigenvalue weighted by Crippen LogP contribution is -2.16. The van der Waals surface area contributed by atoms with E-state index >= 15 is 0 Å². The summed E-state index contributed by atoms with van der Waals surface area (Å²) in [7, 11) is 0. The maximum Gasteiger partial charge on any atom is 0.0385 e. The lowest BCUT2D eigenvalue weighted by molar-refractivity contribution is 0.436. The number of nitrogens with one attached hydrogen (secondary N) is 1. The van der Waals surface area contributed by atoms with Crippen LogP contribution in [0.25, 0.3) is 0 Å². The molecule has 196 valence electrons. The summed E-state index contributed by atoms with van der Waals surface area (Å²) in [5.41, 5.74) is 0.750. The lowest BCUT2D eigenvalue weighted by atomic mass is 9.93. The van der Waals surface area contributed by atoms with Crippen LogP contribution < -0.4 is 5.32 Å². The van der Waals surface area contributed by atoms with E-state index in [4.69, 9.17) is 0 Å². The number of hydrogen-bond acceptors (Lipinski definition) is 3. The van der Waals surface area contributed by atoms with E-state index in [0.717, 1.165) is 25.9 Å². The molecule has 0 aliphatic rings. The first-order chi connectivity index (χ1) is 15.7. The Hall–Kier alpha value is -0.700. The maximum atomic E-state index is 4.54. The fourth-order valence-electron chi connectivity index (χ4n) is 3.66. The van der Waals surface area contributed by atoms with E-state index in [2.05, 4.69) is 69.3 Å². The number of nitrogens with zero attached hydrogens (tertiary/aromatic N) is 2. The Morgan fingerprint density at radius 2 is 0.758 bits per heavy atom. The highest BCUT2D eigenvalue weighted by Gasteiger charge is 2.07. The molecule has 0 unspecified atom stereocenters. The van der Waals surface area contributed by atoms with E-state index in [1.54, 1.807) is 0 Å². The number of unbranched alkanes of at least 4 members (excludes halogenated alkanes) is 12. The van der Waals surface area contributed by atoms with Crippen LogP contribution in [0, 0.1) is 10.8 Å². The second kappa shape index (κ2) is 21.8. The van der Waals surface area contributed by atoms with Gasteiger partial charge in [-0.2, -0.15) is 0 Å².